The van der Waals surface area contributed by atoms with Crippen LogP contribution in [0.25, 0.3) is 0 Å². The van der Waals surface area contributed by atoms with Crippen LogP contribution in [0.1, 0.15) is 11.1 Å². The molecule has 0 atom stereocenters. The van der Waals surface area contributed by atoms with Crippen LogP contribution in [-0.4, -0.2) is 36.5 Å². The number of halogens is 2. The third-order valence-electron chi connectivity index (χ3n) is 4.31. The van der Waals surface area contributed by atoms with E-state index in [9.17, 15) is 18.4 Å². The van der Waals surface area contributed by atoms with E-state index in [4.69, 9.17) is 0 Å². The van der Waals surface area contributed by atoms with Gasteiger partial charge < -0.3 is 10.2 Å². The van der Waals surface area contributed by atoms with Crippen molar-refractivity contribution in [1.82, 2.24) is 4.90 Å². The molecule has 1 N–H and O–H groups in total. The van der Waals surface area contributed by atoms with Crippen LogP contribution in [0.15, 0.2) is 36.4 Å². The number of hydrogen-bond donors (Lipinski definition) is 1. The zero-order valence-electron chi connectivity index (χ0n) is 14.6. The summed E-state index contributed by atoms with van der Waals surface area (Å²) in [5, 5.41) is 2.81. The van der Waals surface area contributed by atoms with E-state index in [1.165, 1.54) is 15.9 Å². The fourth-order valence-electron chi connectivity index (χ4n) is 2.86. The Morgan fingerprint density at radius 2 is 1.85 bits per heavy atom. The summed E-state index contributed by atoms with van der Waals surface area (Å²) in [4.78, 5) is 27.5. The summed E-state index contributed by atoms with van der Waals surface area (Å²) in [7, 11) is 0. The number of nitrogens with zero attached hydrogens (tertiary/aromatic N) is 2. The lowest BCUT2D eigenvalue weighted by Crippen LogP contribution is -2.37. The van der Waals surface area contributed by atoms with Gasteiger partial charge in [0, 0.05) is 30.5 Å². The second-order valence-electron chi connectivity index (χ2n) is 6.32. The van der Waals surface area contributed by atoms with Crippen LogP contribution < -0.4 is 10.2 Å². The summed E-state index contributed by atoms with van der Waals surface area (Å²) in [6, 6.07) is 8.63. The Balaban J connectivity index is 1.65. The fourth-order valence-corrected chi connectivity index (χ4v) is 2.86. The Morgan fingerprint density at radius 3 is 2.58 bits per heavy atom. The van der Waals surface area contributed by atoms with Gasteiger partial charge in [0.05, 0.1) is 0 Å². The highest BCUT2D eigenvalue weighted by molar-refractivity contribution is 5.99. The molecule has 0 spiro atoms. The first kappa shape index (κ1) is 17.8. The molecule has 0 saturated carbocycles. The molecule has 0 radical (unpaired) electrons. The normalized spacial score (nSPS) is 14.1. The predicted octanol–water partition coefficient (Wildman–Crippen LogP) is 3.46. The van der Waals surface area contributed by atoms with Gasteiger partial charge in [0.25, 0.3) is 0 Å². The van der Waals surface area contributed by atoms with Gasteiger partial charge in [-0.1, -0.05) is 12.1 Å². The van der Waals surface area contributed by atoms with Crippen molar-refractivity contribution in [2.45, 2.75) is 13.8 Å². The standard InChI is InChI=1S/C19H19F2N3O2/c1-12-3-4-13(2)17(9-12)22-18(25)11-23-7-8-24(19(23)26)14-5-6-15(20)16(21)10-14/h3-6,9-10H,7-8,11H2,1-2H3,(H,22,25). The number of hydrogen-bond acceptors (Lipinski definition) is 2. The minimum Gasteiger partial charge on any atom is -0.324 e. The topological polar surface area (TPSA) is 52.7 Å². The summed E-state index contributed by atoms with van der Waals surface area (Å²) in [5.41, 5.74) is 2.93. The van der Waals surface area contributed by atoms with E-state index in [0.29, 0.717) is 18.8 Å². The van der Waals surface area contributed by atoms with Gasteiger partial charge in [0.15, 0.2) is 11.6 Å². The number of benzene rings is 2. The molecule has 0 aromatic heterocycles. The van der Waals surface area contributed by atoms with Crippen molar-refractivity contribution < 1.29 is 18.4 Å². The van der Waals surface area contributed by atoms with Gasteiger partial charge in [-0.05, 0) is 43.2 Å². The number of aryl methyl sites for hydroxylation is 2. The predicted molar refractivity (Wildman–Crippen MR) is 95.2 cm³/mol. The first-order chi connectivity index (χ1) is 12.3. The molecule has 136 valence electrons. The van der Waals surface area contributed by atoms with Crippen molar-refractivity contribution in [1.29, 1.82) is 0 Å². The lowest BCUT2D eigenvalue weighted by atomic mass is 10.1. The molecule has 5 nitrogen and oxygen atoms in total. The third-order valence-corrected chi connectivity index (χ3v) is 4.31. The fraction of sp³-hybridized carbons (Fsp3) is 0.263. The van der Waals surface area contributed by atoms with Crippen LogP contribution in [0.3, 0.4) is 0 Å². The van der Waals surface area contributed by atoms with Gasteiger partial charge in [-0.3, -0.25) is 9.69 Å². The van der Waals surface area contributed by atoms with Gasteiger partial charge in [-0.25, -0.2) is 13.6 Å². The number of carbonyl (C=O) groups is 2. The molecule has 2 aromatic rings. The lowest BCUT2D eigenvalue weighted by Gasteiger charge is -2.19. The Hall–Kier alpha value is -2.96. The summed E-state index contributed by atoms with van der Waals surface area (Å²) in [6.45, 7) is 4.35. The quantitative estimate of drug-likeness (QED) is 0.909. The van der Waals surface area contributed by atoms with Crippen LogP contribution in [0.5, 0.6) is 0 Å². The lowest BCUT2D eigenvalue weighted by molar-refractivity contribution is -0.116. The average molecular weight is 359 g/mol. The third kappa shape index (κ3) is 3.66. The summed E-state index contributed by atoms with van der Waals surface area (Å²) >= 11 is 0. The van der Waals surface area contributed by atoms with Gasteiger partial charge in [0.2, 0.25) is 5.91 Å². The van der Waals surface area contributed by atoms with Gasteiger partial charge in [-0.15, -0.1) is 0 Å². The Labute approximate surface area is 150 Å². The van der Waals surface area contributed by atoms with Crippen molar-refractivity contribution >= 4 is 23.3 Å². The molecule has 3 rings (SSSR count). The monoisotopic (exact) mass is 359 g/mol. The number of rotatable bonds is 4. The van der Waals surface area contributed by atoms with Crippen molar-refractivity contribution in [3.63, 3.8) is 0 Å². The molecule has 0 aliphatic carbocycles. The Bertz CT molecular complexity index is 870. The van der Waals surface area contributed by atoms with E-state index in [1.54, 1.807) is 0 Å². The first-order valence-electron chi connectivity index (χ1n) is 8.24. The summed E-state index contributed by atoms with van der Waals surface area (Å²) < 4.78 is 26.4. The van der Waals surface area contributed by atoms with Crippen LogP contribution in [0.4, 0.5) is 25.0 Å². The average Bonchev–Trinajstić information content (AvgIpc) is 2.94. The van der Waals surface area contributed by atoms with Gasteiger partial charge >= 0.3 is 6.03 Å². The van der Waals surface area contributed by atoms with Crippen molar-refractivity contribution in [2.75, 3.05) is 29.9 Å². The molecule has 1 aliphatic rings. The maximum atomic E-state index is 13.4. The first-order valence-corrected chi connectivity index (χ1v) is 8.24. The number of carbonyl (C=O) groups excluding carboxylic acids is 2. The SMILES string of the molecule is Cc1ccc(C)c(NC(=O)CN2CCN(c3ccc(F)c(F)c3)C2=O)c1. The highest BCUT2D eigenvalue weighted by Gasteiger charge is 2.31. The molecule has 2 aromatic carbocycles. The van der Waals surface area contributed by atoms with Crippen LogP contribution in [0, 0.1) is 25.5 Å². The smallest absolute Gasteiger partial charge is 0.324 e. The minimum atomic E-state index is -1.01. The molecule has 0 unspecified atom stereocenters. The zero-order valence-corrected chi connectivity index (χ0v) is 14.6. The molecule has 1 fully saturated rings. The Morgan fingerprint density at radius 1 is 1.08 bits per heavy atom. The molecular formula is C19H19F2N3O2. The molecule has 26 heavy (non-hydrogen) atoms. The van der Waals surface area contributed by atoms with E-state index in [0.717, 1.165) is 23.3 Å². The van der Waals surface area contributed by atoms with Gasteiger partial charge in [-0.2, -0.15) is 0 Å². The molecule has 1 heterocycles. The minimum absolute atomic E-state index is 0.105. The second-order valence-corrected chi connectivity index (χ2v) is 6.32. The largest absolute Gasteiger partial charge is 0.325 e. The summed E-state index contributed by atoms with van der Waals surface area (Å²) in [6.07, 6.45) is 0. The van der Waals surface area contributed by atoms with Crippen LogP contribution >= 0.6 is 0 Å². The number of amides is 3. The number of nitrogens with one attached hydrogen (secondary N) is 1. The number of urea groups is 1. The van der Waals surface area contributed by atoms with Crippen molar-refractivity contribution in [3.8, 4) is 0 Å². The molecular weight excluding hydrogens is 340 g/mol. The van der Waals surface area contributed by atoms with E-state index < -0.39 is 17.7 Å². The zero-order chi connectivity index (χ0) is 18.8. The van der Waals surface area contributed by atoms with Crippen molar-refractivity contribution in [2.24, 2.45) is 0 Å². The van der Waals surface area contributed by atoms with Crippen LogP contribution in [-0.2, 0) is 4.79 Å². The van der Waals surface area contributed by atoms with Crippen molar-refractivity contribution in [3.05, 3.63) is 59.2 Å². The molecule has 3 amide bonds. The van der Waals surface area contributed by atoms with Gasteiger partial charge in [0.1, 0.15) is 6.54 Å². The van der Waals surface area contributed by atoms with E-state index >= 15 is 0 Å². The molecule has 1 aliphatic heterocycles. The molecule has 7 heteroatoms. The number of anilines is 2. The molecule has 0 bridgehead atoms. The van der Waals surface area contributed by atoms with Crippen LogP contribution in [0.2, 0.25) is 0 Å². The maximum absolute atomic E-state index is 13.4. The summed E-state index contributed by atoms with van der Waals surface area (Å²) in [5.74, 6) is -2.29. The highest BCUT2D eigenvalue weighted by Crippen LogP contribution is 2.23. The highest BCUT2D eigenvalue weighted by atomic mass is 19.2. The van der Waals surface area contributed by atoms with E-state index in [-0.39, 0.29) is 18.1 Å². The van der Waals surface area contributed by atoms with E-state index in [2.05, 4.69) is 5.32 Å². The Kier molecular flexibility index (Phi) is 4.88. The van der Waals surface area contributed by atoms with E-state index in [1.807, 2.05) is 32.0 Å². The maximum Gasteiger partial charge on any atom is 0.325 e. The molecule has 1 saturated heterocycles. The second kappa shape index (κ2) is 7.11.